The standard InChI is InChI=1S/C13H11ClN2O3/c14-9-2-1-3-10(6-9)19-11-7-15-12(16-8-11)4-5-13(17)18/h1-3,6-8H,4-5H2,(H,17,18). The third kappa shape index (κ3) is 4.22. The van der Waals surface area contributed by atoms with Crippen molar-refractivity contribution in [2.24, 2.45) is 0 Å². The van der Waals surface area contributed by atoms with Crippen LogP contribution in [0.25, 0.3) is 0 Å². The number of rotatable bonds is 5. The Morgan fingerprint density at radius 1 is 1.26 bits per heavy atom. The van der Waals surface area contributed by atoms with Gasteiger partial charge in [0.05, 0.1) is 18.8 Å². The van der Waals surface area contributed by atoms with Gasteiger partial charge in [0.15, 0.2) is 5.75 Å². The van der Waals surface area contributed by atoms with Crippen LogP contribution in [0.4, 0.5) is 0 Å². The van der Waals surface area contributed by atoms with E-state index in [1.54, 1.807) is 24.3 Å². The second-order valence-electron chi connectivity index (χ2n) is 3.79. The molecule has 6 heteroatoms. The molecular formula is C13H11ClN2O3. The first-order valence-electron chi connectivity index (χ1n) is 5.59. The minimum atomic E-state index is -0.872. The molecule has 0 aliphatic carbocycles. The van der Waals surface area contributed by atoms with Crippen molar-refractivity contribution < 1.29 is 14.6 Å². The summed E-state index contributed by atoms with van der Waals surface area (Å²) >= 11 is 5.84. The van der Waals surface area contributed by atoms with E-state index < -0.39 is 5.97 Å². The van der Waals surface area contributed by atoms with Gasteiger partial charge in [0, 0.05) is 11.4 Å². The highest BCUT2D eigenvalue weighted by Crippen LogP contribution is 2.22. The lowest BCUT2D eigenvalue weighted by Gasteiger charge is -2.05. The number of carbonyl (C=O) groups is 1. The maximum absolute atomic E-state index is 10.4. The number of carboxylic acids is 1. The number of hydrogen-bond donors (Lipinski definition) is 1. The number of carboxylic acid groups (broad SMARTS) is 1. The van der Waals surface area contributed by atoms with Crippen LogP contribution in [0.5, 0.6) is 11.5 Å². The molecule has 1 aromatic carbocycles. The van der Waals surface area contributed by atoms with Crippen LogP contribution in [0.2, 0.25) is 5.02 Å². The van der Waals surface area contributed by atoms with Gasteiger partial charge in [-0.15, -0.1) is 0 Å². The number of aromatic nitrogens is 2. The maximum Gasteiger partial charge on any atom is 0.303 e. The zero-order valence-electron chi connectivity index (χ0n) is 9.91. The van der Waals surface area contributed by atoms with E-state index in [2.05, 4.69) is 9.97 Å². The van der Waals surface area contributed by atoms with Crippen molar-refractivity contribution in [1.82, 2.24) is 9.97 Å². The third-order valence-electron chi connectivity index (χ3n) is 2.28. The normalized spacial score (nSPS) is 10.2. The SMILES string of the molecule is O=C(O)CCc1ncc(Oc2cccc(Cl)c2)cn1. The van der Waals surface area contributed by atoms with E-state index in [1.807, 2.05) is 0 Å². The fourth-order valence-corrected chi connectivity index (χ4v) is 1.59. The number of nitrogens with zero attached hydrogens (tertiary/aromatic N) is 2. The minimum absolute atomic E-state index is 0.00843. The zero-order valence-corrected chi connectivity index (χ0v) is 10.7. The number of aryl methyl sites for hydroxylation is 1. The van der Waals surface area contributed by atoms with Crippen LogP contribution in [0.1, 0.15) is 12.2 Å². The van der Waals surface area contributed by atoms with Gasteiger partial charge in [0.1, 0.15) is 11.6 Å². The maximum atomic E-state index is 10.4. The van der Waals surface area contributed by atoms with Crippen LogP contribution in [0.15, 0.2) is 36.7 Å². The van der Waals surface area contributed by atoms with Gasteiger partial charge in [0.25, 0.3) is 0 Å². The molecule has 0 spiro atoms. The highest BCUT2D eigenvalue weighted by molar-refractivity contribution is 6.30. The largest absolute Gasteiger partial charge is 0.481 e. The molecule has 0 amide bonds. The van der Waals surface area contributed by atoms with Gasteiger partial charge in [-0.2, -0.15) is 0 Å². The first kappa shape index (κ1) is 13.3. The van der Waals surface area contributed by atoms with E-state index in [9.17, 15) is 4.79 Å². The monoisotopic (exact) mass is 278 g/mol. The molecule has 0 saturated heterocycles. The topological polar surface area (TPSA) is 72.3 Å². The molecule has 2 aromatic rings. The Hall–Kier alpha value is -2.14. The van der Waals surface area contributed by atoms with Gasteiger partial charge in [-0.3, -0.25) is 4.79 Å². The molecule has 0 fully saturated rings. The van der Waals surface area contributed by atoms with E-state index in [-0.39, 0.29) is 6.42 Å². The van der Waals surface area contributed by atoms with Crippen LogP contribution >= 0.6 is 11.6 Å². The second kappa shape index (κ2) is 6.15. The number of benzene rings is 1. The Kier molecular flexibility index (Phi) is 4.30. The van der Waals surface area contributed by atoms with Crippen molar-refractivity contribution in [2.75, 3.05) is 0 Å². The van der Waals surface area contributed by atoms with Crippen molar-refractivity contribution in [3.05, 3.63) is 47.5 Å². The quantitative estimate of drug-likeness (QED) is 0.910. The number of halogens is 1. The van der Waals surface area contributed by atoms with E-state index in [0.717, 1.165) is 0 Å². The predicted molar refractivity (Wildman–Crippen MR) is 69.5 cm³/mol. The van der Waals surface area contributed by atoms with Crippen molar-refractivity contribution in [3.8, 4) is 11.5 Å². The van der Waals surface area contributed by atoms with Gasteiger partial charge in [0.2, 0.25) is 0 Å². The molecule has 5 nitrogen and oxygen atoms in total. The Morgan fingerprint density at radius 2 is 2.00 bits per heavy atom. The average molecular weight is 279 g/mol. The summed E-state index contributed by atoms with van der Waals surface area (Å²) in [5.41, 5.74) is 0. The van der Waals surface area contributed by atoms with Crippen LogP contribution < -0.4 is 4.74 Å². The summed E-state index contributed by atoms with van der Waals surface area (Å²) in [5, 5.41) is 9.14. The van der Waals surface area contributed by atoms with E-state index in [0.29, 0.717) is 28.8 Å². The predicted octanol–water partition coefficient (Wildman–Crippen LogP) is 2.94. The number of aliphatic carboxylic acids is 1. The van der Waals surface area contributed by atoms with Gasteiger partial charge >= 0.3 is 5.97 Å². The fourth-order valence-electron chi connectivity index (χ4n) is 1.41. The van der Waals surface area contributed by atoms with E-state index >= 15 is 0 Å². The Balaban J connectivity index is 2.00. The van der Waals surface area contributed by atoms with Gasteiger partial charge in [-0.1, -0.05) is 17.7 Å². The smallest absolute Gasteiger partial charge is 0.303 e. The molecule has 0 radical (unpaired) electrons. The summed E-state index contributed by atoms with van der Waals surface area (Å²) in [7, 11) is 0. The summed E-state index contributed by atoms with van der Waals surface area (Å²) in [6.07, 6.45) is 3.32. The average Bonchev–Trinajstić information content (AvgIpc) is 2.38. The van der Waals surface area contributed by atoms with Crippen molar-refractivity contribution in [1.29, 1.82) is 0 Å². The lowest BCUT2D eigenvalue weighted by molar-refractivity contribution is -0.137. The van der Waals surface area contributed by atoms with E-state index in [4.69, 9.17) is 21.4 Å². The van der Waals surface area contributed by atoms with E-state index in [1.165, 1.54) is 12.4 Å². The molecule has 19 heavy (non-hydrogen) atoms. The molecule has 0 bridgehead atoms. The van der Waals surface area contributed by atoms with Crippen molar-refractivity contribution in [2.45, 2.75) is 12.8 Å². The van der Waals surface area contributed by atoms with Crippen LogP contribution in [-0.4, -0.2) is 21.0 Å². The molecule has 0 aliphatic rings. The molecule has 0 atom stereocenters. The second-order valence-corrected chi connectivity index (χ2v) is 4.22. The van der Waals surface area contributed by atoms with Crippen molar-refractivity contribution in [3.63, 3.8) is 0 Å². The lowest BCUT2D eigenvalue weighted by Crippen LogP contribution is -2.01. The summed E-state index contributed by atoms with van der Waals surface area (Å²) in [6, 6.07) is 6.98. The first-order valence-corrected chi connectivity index (χ1v) is 5.97. The summed E-state index contributed by atoms with van der Waals surface area (Å²) < 4.78 is 5.51. The molecule has 1 aromatic heterocycles. The minimum Gasteiger partial charge on any atom is -0.481 e. The Labute approximate surface area is 114 Å². The molecular weight excluding hydrogens is 268 g/mol. The van der Waals surface area contributed by atoms with Crippen LogP contribution in [0.3, 0.4) is 0 Å². The molecule has 0 aliphatic heterocycles. The third-order valence-corrected chi connectivity index (χ3v) is 2.51. The van der Waals surface area contributed by atoms with Crippen LogP contribution in [-0.2, 0) is 11.2 Å². The van der Waals surface area contributed by atoms with Crippen LogP contribution in [0, 0.1) is 0 Å². The first-order chi connectivity index (χ1) is 9.13. The van der Waals surface area contributed by atoms with Gasteiger partial charge in [-0.05, 0) is 18.2 Å². The molecule has 98 valence electrons. The zero-order chi connectivity index (χ0) is 13.7. The number of ether oxygens (including phenoxy) is 1. The molecule has 2 rings (SSSR count). The Morgan fingerprint density at radius 3 is 2.63 bits per heavy atom. The molecule has 1 N–H and O–H groups in total. The van der Waals surface area contributed by atoms with Gasteiger partial charge in [-0.25, -0.2) is 9.97 Å². The molecule has 0 unspecified atom stereocenters. The highest BCUT2D eigenvalue weighted by atomic mass is 35.5. The summed E-state index contributed by atoms with van der Waals surface area (Å²) in [5.74, 6) is 0.666. The summed E-state index contributed by atoms with van der Waals surface area (Å²) in [6.45, 7) is 0. The number of hydrogen-bond acceptors (Lipinski definition) is 4. The van der Waals surface area contributed by atoms with Crippen molar-refractivity contribution >= 4 is 17.6 Å². The van der Waals surface area contributed by atoms with Gasteiger partial charge < -0.3 is 9.84 Å². The summed E-state index contributed by atoms with van der Waals surface area (Å²) in [4.78, 5) is 18.5. The molecule has 1 heterocycles. The Bertz CT molecular complexity index is 572. The lowest BCUT2D eigenvalue weighted by atomic mass is 10.3. The fraction of sp³-hybridized carbons (Fsp3) is 0.154. The highest BCUT2D eigenvalue weighted by Gasteiger charge is 2.03. The molecule has 0 saturated carbocycles.